The van der Waals surface area contributed by atoms with Gasteiger partial charge in [-0.1, -0.05) is 35.9 Å². The number of nitrogens with zero attached hydrogens (tertiary/aromatic N) is 3. The van der Waals surface area contributed by atoms with Crippen LogP contribution in [0, 0.1) is 11.3 Å². The van der Waals surface area contributed by atoms with Gasteiger partial charge in [-0.15, -0.1) is 10.2 Å². The third-order valence-electron chi connectivity index (χ3n) is 3.62. The molecule has 0 spiro atoms. The Bertz CT molecular complexity index is 1070. The molecule has 0 atom stereocenters. The van der Waals surface area contributed by atoms with Crippen LogP contribution < -0.4 is 0 Å². The quantitative estimate of drug-likeness (QED) is 0.702. The first-order valence-corrected chi connectivity index (χ1v) is 9.49. The second-order valence-electron chi connectivity index (χ2n) is 5.41. The molecule has 0 amide bonds. The minimum Gasteiger partial charge on any atom is -0.224 e. The summed E-state index contributed by atoms with van der Waals surface area (Å²) >= 11 is 5.94. The molecule has 2 aromatic carbocycles. The van der Waals surface area contributed by atoms with E-state index in [0.717, 1.165) is 17.4 Å². The number of halogens is 1. The molecule has 3 rings (SSSR count). The lowest BCUT2D eigenvalue weighted by atomic mass is 9.99. The zero-order valence-corrected chi connectivity index (χ0v) is 14.7. The third-order valence-corrected chi connectivity index (χ3v) is 5.00. The highest BCUT2D eigenvalue weighted by molar-refractivity contribution is 7.90. The Morgan fingerprint density at radius 1 is 0.960 bits per heavy atom. The van der Waals surface area contributed by atoms with E-state index < -0.39 is 9.84 Å². The van der Waals surface area contributed by atoms with Crippen LogP contribution in [0.3, 0.4) is 0 Å². The predicted octanol–water partition coefficient (Wildman–Crippen LogP) is 3.74. The van der Waals surface area contributed by atoms with Crippen molar-refractivity contribution in [1.82, 2.24) is 10.2 Å². The molecule has 0 bridgehead atoms. The molecule has 1 aromatic heterocycles. The Labute approximate surface area is 150 Å². The van der Waals surface area contributed by atoms with E-state index in [2.05, 4.69) is 10.2 Å². The molecular formula is C18H12ClN3O2S. The van der Waals surface area contributed by atoms with Crippen molar-refractivity contribution in [3.8, 4) is 28.5 Å². The van der Waals surface area contributed by atoms with Gasteiger partial charge in [0.1, 0.15) is 11.8 Å². The Morgan fingerprint density at radius 2 is 1.56 bits per heavy atom. The zero-order chi connectivity index (χ0) is 18.0. The summed E-state index contributed by atoms with van der Waals surface area (Å²) in [5.74, 6) is 0. The molecule has 1 heterocycles. The van der Waals surface area contributed by atoms with Crippen LogP contribution in [0.15, 0.2) is 59.5 Å². The summed E-state index contributed by atoms with van der Waals surface area (Å²) < 4.78 is 23.2. The molecule has 0 unspecified atom stereocenters. The second-order valence-corrected chi connectivity index (χ2v) is 7.86. The highest BCUT2D eigenvalue weighted by Gasteiger charge is 2.13. The number of sulfone groups is 1. The maximum absolute atomic E-state index is 11.6. The lowest BCUT2D eigenvalue weighted by molar-refractivity contribution is 0.602. The average molecular weight is 370 g/mol. The van der Waals surface area contributed by atoms with Crippen molar-refractivity contribution >= 4 is 21.4 Å². The first kappa shape index (κ1) is 17.1. The smallest absolute Gasteiger partial charge is 0.175 e. The van der Waals surface area contributed by atoms with E-state index in [4.69, 9.17) is 16.9 Å². The number of rotatable bonds is 3. The SMILES string of the molecule is CS(=O)(=O)c1ccc(-c2nnc(C#N)cc2-c2ccc(Cl)cc2)cc1. The molecule has 0 N–H and O–H groups in total. The molecule has 124 valence electrons. The number of nitriles is 1. The highest BCUT2D eigenvalue weighted by atomic mass is 35.5. The van der Waals surface area contributed by atoms with Crippen LogP contribution in [0.2, 0.25) is 5.02 Å². The van der Waals surface area contributed by atoms with Gasteiger partial charge in [-0.05, 0) is 35.9 Å². The van der Waals surface area contributed by atoms with E-state index in [0.29, 0.717) is 16.3 Å². The van der Waals surface area contributed by atoms with E-state index in [1.54, 1.807) is 30.3 Å². The standard InChI is InChI=1S/C18H12ClN3O2S/c1-25(23,24)16-8-4-13(5-9-16)18-17(10-15(11-20)21-22-18)12-2-6-14(19)7-3-12/h2-10H,1H3. The zero-order valence-electron chi connectivity index (χ0n) is 13.1. The van der Waals surface area contributed by atoms with Crippen LogP contribution in [-0.4, -0.2) is 24.9 Å². The summed E-state index contributed by atoms with van der Waals surface area (Å²) in [5.41, 5.74) is 3.01. The monoisotopic (exact) mass is 369 g/mol. The van der Waals surface area contributed by atoms with Crippen LogP contribution in [-0.2, 0) is 9.84 Å². The van der Waals surface area contributed by atoms with E-state index in [1.807, 2.05) is 18.2 Å². The van der Waals surface area contributed by atoms with E-state index >= 15 is 0 Å². The second kappa shape index (κ2) is 6.63. The van der Waals surface area contributed by atoms with Gasteiger partial charge in [0.05, 0.1) is 4.90 Å². The molecule has 5 nitrogen and oxygen atoms in total. The summed E-state index contributed by atoms with van der Waals surface area (Å²) in [6, 6.07) is 17.2. The minimum absolute atomic E-state index is 0.196. The fraction of sp³-hybridized carbons (Fsp3) is 0.0556. The fourth-order valence-electron chi connectivity index (χ4n) is 2.37. The summed E-state index contributed by atoms with van der Waals surface area (Å²) in [6.45, 7) is 0. The Morgan fingerprint density at radius 3 is 2.12 bits per heavy atom. The first-order valence-electron chi connectivity index (χ1n) is 7.23. The van der Waals surface area contributed by atoms with Crippen LogP contribution in [0.4, 0.5) is 0 Å². The molecule has 25 heavy (non-hydrogen) atoms. The van der Waals surface area contributed by atoms with Crippen molar-refractivity contribution in [3.05, 3.63) is 65.3 Å². The molecule has 0 fully saturated rings. The number of hydrogen-bond acceptors (Lipinski definition) is 5. The summed E-state index contributed by atoms with van der Waals surface area (Å²) in [7, 11) is -3.27. The van der Waals surface area contributed by atoms with Crippen molar-refractivity contribution in [1.29, 1.82) is 5.26 Å². The topological polar surface area (TPSA) is 83.7 Å². The molecule has 7 heteroatoms. The Kier molecular flexibility index (Phi) is 4.53. The van der Waals surface area contributed by atoms with Crippen molar-refractivity contribution in [2.75, 3.05) is 6.26 Å². The van der Waals surface area contributed by atoms with Crippen molar-refractivity contribution in [2.24, 2.45) is 0 Å². The van der Waals surface area contributed by atoms with E-state index in [-0.39, 0.29) is 10.6 Å². The van der Waals surface area contributed by atoms with Crippen LogP contribution in [0.1, 0.15) is 5.69 Å². The Balaban J connectivity index is 2.16. The van der Waals surface area contributed by atoms with Crippen molar-refractivity contribution < 1.29 is 8.42 Å². The molecule has 0 saturated heterocycles. The third kappa shape index (κ3) is 3.68. The lowest BCUT2D eigenvalue weighted by Crippen LogP contribution is -1.98. The van der Waals surface area contributed by atoms with E-state index in [1.165, 1.54) is 12.1 Å². The van der Waals surface area contributed by atoms with Gasteiger partial charge < -0.3 is 0 Å². The van der Waals surface area contributed by atoms with Gasteiger partial charge in [0.2, 0.25) is 0 Å². The normalized spacial score (nSPS) is 11.1. The van der Waals surface area contributed by atoms with Crippen LogP contribution in [0.25, 0.3) is 22.4 Å². The summed E-state index contributed by atoms with van der Waals surface area (Å²) in [6.07, 6.45) is 1.16. The molecule has 0 aliphatic rings. The molecule has 0 aliphatic heterocycles. The van der Waals surface area contributed by atoms with Gasteiger partial charge in [-0.2, -0.15) is 5.26 Å². The summed E-state index contributed by atoms with van der Waals surface area (Å²) in [4.78, 5) is 0.228. The molecule has 0 radical (unpaired) electrons. The van der Waals surface area contributed by atoms with Gasteiger partial charge in [0.15, 0.2) is 15.5 Å². The van der Waals surface area contributed by atoms with Gasteiger partial charge >= 0.3 is 0 Å². The van der Waals surface area contributed by atoms with Gasteiger partial charge in [-0.25, -0.2) is 8.42 Å². The highest BCUT2D eigenvalue weighted by Crippen LogP contribution is 2.31. The first-order chi connectivity index (χ1) is 11.9. The van der Waals surface area contributed by atoms with Crippen LogP contribution >= 0.6 is 11.6 Å². The minimum atomic E-state index is -3.27. The number of hydrogen-bond donors (Lipinski definition) is 0. The lowest BCUT2D eigenvalue weighted by Gasteiger charge is -2.09. The number of benzene rings is 2. The van der Waals surface area contributed by atoms with Crippen molar-refractivity contribution in [3.63, 3.8) is 0 Å². The maximum atomic E-state index is 11.6. The van der Waals surface area contributed by atoms with Gasteiger partial charge in [-0.3, -0.25) is 0 Å². The largest absolute Gasteiger partial charge is 0.224 e. The van der Waals surface area contributed by atoms with E-state index in [9.17, 15) is 8.42 Å². The van der Waals surface area contributed by atoms with Crippen molar-refractivity contribution in [2.45, 2.75) is 4.90 Å². The average Bonchev–Trinajstić information content (AvgIpc) is 2.61. The maximum Gasteiger partial charge on any atom is 0.175 e. The van der Waals surface area contributed by atoms with Crippen LogP contribution in [0.5, 0.6) is 0 Å². The molecule has 0 aliphatic carbocycles. The fourth-order valence-corrected chi connectivity index (χ4v) is 3.13. The molecular weight excluding hydrogens is 358 g/mol. The molecule has 0 saturated carbocycles. The van der Waals surface area contributed by atoms with Gasteiger partial charge in [0, 0.05) is 22.4 Å². The van der Waals surface area contributed by atoms with Gasteiger partial charge in [0.25, 0.3) is 0 Å². The predicted molar refractivity (Wildman–Crippen MR) is 95.7 cm³/mol. The molecule has 3 aromatic rings. The number of aromatic nitrogens is 2. The Hall–Kier alpha value is -2.75. The summed E-state index contributed by atoms with van der Waals surface area (Å²) in [5, 5.41) is 17.8.